The number of hydrogen-bond acceptors (Lipinski definition) is 9. The summed E-state index contributed by atoms with van der Waals surface area (Å²) >= 11 is 0. The number of ether oxygens (including phenoxy) is 5. The van der Waals surface area contributed by atoms with Crippen molar-refractivity contribution in [1.82, 2.24) is 14.9 Å². The van der Waals surface area contributed by atoms with Crippen LogP contribution in [-0.4, -0.2) is 67.6 Å². The van der Waals surface area contributed by atoms with E-state index in [-0.39, 0.29) is 18.7 Å². The number of β-amino-alcohol motifs (C(OH)–C–C–N with tert-alkyl or cyclic N) is 1. The van der Waals surface area contributed by atoms with Gasteiger partial charge in [0.15, 0.2) is 11.5 Å². The third kappa shape index (κ3) is 5.47. The first kappa shape index (κ1) is 25.5. The zero-order valence-corrected chi connectivity index (χ0v) is 21.4. The molecule has 2 heterocycles. The van der Waals surface area contributed by atoms with Crippen LogP contribution >= 0.6 is 0 Å². The van der Waals surface area contributed by atoms with Gasteiger partial charge in [0.05, 0.1) is 40.1 Å². The monoisotopic (exact) mass is 495 g/mol. The minimum absolute atomic E-state index is 0.171. The van der Waals surface area contributed by atoms with Gasteiger partial charge in [-0.3, -0.25) is 4.90 Å². The molecule has 0 aliphatic carbocycles. The van der Waals surface area contributed by atoms with Crippen molar-refractivity contribution in [2.75, 3.05) is 41.5 Å². The third-order valence-corrected chi connectivity index (χ3v) is 6.42. The summed E-state index contributed by atoms with van der Waals surface area (Å²) in [6.45, 7) is 4.25. The van der Waals surface area contributed by atoms with Crippen molar-refractivity contribution in [3.63, 3.8) is 0 Å². The maximum absolute atomic E-state index is 9.85. The molecule has 0 spiro atoms. The van der Waals surface area contributed by atoms with E-state index in [1.807, 2.05) is 30.3 Å². The maximum Gasteiger partial charge on any atom is 0.323 e. The third-order valence-electron chi connectivity index (χ3n) is 6.42. The van der Waals surface area contributed by atoms with Crippen LogP contribution in [-0.2, 0) is 13.2 Å². The molecule has 36 heavy (non-hydrogen) atoms. The molecule has 9 heteroatoms. The Kier molecular flexibility index (Phi) is 8.12. The number of methoxy groups -OCH3 is 4. The fraction of sp³-hybridized carbons (Fsp3) is 0.407. The van der Waals surface area contributed by atoms with E-state index >= 15 is 0 Å². The molecule has 0 amide bonds. The van der Waals surface area contributed by atoms with Gasteiger partial charge in [-0.05, 0) is 47.7 Å². The van der Waals surface area contributed by atoms with Crippen LogP contribution in [0.15, 0.2) is 36.4 Å². The second-order valence-corrected chi connectivity index (χ2v) is 8.63. The molecule has 2 aromatic carbocycles. The highest BCUT2D eigenvalue weighted by molar-refractivity contribution is 5.71. The molecule has 1 atom stereocenters. The number of likely N-dealkylation sites (tertiary alicyclic amines) is 1. The quantitative estimate of drug-likeness (QED) is 0.452. The molecule has 9 nitrogen and oxygen atoms in total. The van der Waals surface area contributed by atoms with Crippen molar-refractivity contribution >= 4 is 0 Å². The Morgan fingerprint density at radius 2 is 1.67 bits per heavy atom. The Morgan fingerprint density at radius 1 is 0.944 bits per heavy atom. The fourth-order valence-corrected chi connectivity index (χ4v) is 4.44. The maximum atomic E-state index is 9.85. The molecule has 1 aromatic heterocycles. The molecule has 0 saturated carbocycles. The Morgan fingerprint density at radius 3 is 2.28 bits per heavy atom. The molecule has 0 radical (unpaired) electrons. The van der Waals surface area contributed by atoms with E-state index < -0.39 is 0 Å². The molecule has 192 valence electrons. The SMILES string of the molecule is COc1ccc(-c2cccc(COc3nc(OC)c(CN4CC[C@@H](O)C4)c(OC)n3)c2C)cc1OC. The Balaban J connectivity index is 1.55. The van der Waals surface area contributed by atoms with Crippen LogP contribution in [0.3, 0.4) is 0 Å². The van der Waals surface area contributed by atoms with Crippen LogP contribution < -0.4 is 23.7 Å². The first-order valence-electron chi connectivity index (χ1n) is 11.8. The smallest absolute Gasteiger partial charge is 0.323 e. The van der Waals surface area contributed by atoms with Crippen molar-refractivity contribution in [2.45, 2.75) is 32.6 Å². The molecule has 1 saturated heterocycles. The minimum Gasteiger partial charge on any atom is -0.493 e. The number of aliphatic hydroxyl groups excluding tert-OH is 1. The lowest BCUT2D eigenvalue weighted by Gasteiger charge is -2.19. The largest absolute Gasteiger partial charge is 0.493 e. The summed E-state index contributed by atoms with van der Waals surface area (Å²) in [5, 5.41) is 9.85. The van der Waals surface area contributed by atoms with E-state index in [9.17, 15) is 5.11 Å². The van der Waals surface area contributed by atoms with E-state index in [1.165, 1.54) is 0 Å². The van der Waals surface area contributed by atoms with E-state index in [0.29, 0.717) is 36.3 Å². The second-order valence-electron chi connectivity index (χ2n) is 8.63. The number of rotatable bonds is 10. The number of aliphatic hydroxyl groups is 1. The average molecular weight is 496 g/mol. The predicted octanol–water partition coefficient (Wildman–Crippen LogP) is 3.63. The molecular weight excluding hydrogens is 462 g/mol. The van der Waals surface area contributed by atoms with Gasteiger partial charge in [-0.25, -0.2) is 0 Å². The highest BCUT2D eigenvalue weighted by Crippen LogP contribution is 2.35. The molecule has 1 fully saturated rings. The summed E-state index contributed by atoms with van der Waals surface area (Å²) < 4.78 is 27.9. The topological polar surface area (TPSA) is 95.4 Å². The van der Waals surface area contributed by atoms with Gasteiger partial charge in [0.25, 0.3) is 0 Å². The second kappa shape index (κ2) is 11.5. The molecular formula is C27H33N3O6. The van der Waals surface area contributed by atoms with Gasteiger partial charge in [-0.15, -0.1) is 0 Å². The first-order valence-corrected chi connectivity index (χ1v) is 11.8. The molecule has 4 rings (SSSR count). The van der Waals surface area contributed by atoms with Crippen LogP contribution in [0.25, 0.3) is 11.1 Å². The van der Waals surface area contributed by atoms with Crippen molar-refractivity contribution < 1.29 is 28.8 Å². The van der Waals surface area contributed by atoms with Crippen LogP contribution in [0.2, 0.25) is 0 Å². The van der Waals surface area contributed by atoms with Gasteiger partial charge >= 0.3 is 6.01 Å². The number of benzene rings is 2. The van der Waals surface area contributed by atoms with Gasteiger partial charge in [0.2, 0.25) is 11.8 Å². The van der Waals surface area contributed by atoms with E-state index in [0.717, 1.165) is 40.8 Å². The summed E-state index contributed by atoms with van der Waals surface area (Å²) in [5.74, 6) is 2.15. The molecule has 1 aliphatic heterocycles. The van der Waals surface area contributed by atoms with Crippen LogP contribution in [0.5, 0.6) is 29.3 Å². The van der Waals surface area contributed by atoms with Crippen molar-refractivity contribution in [3.05, 3.63) is 53.1 Å². The lowest BCUT2D eigenvalue weighted by molar-refractivity contribution is 0.173. The normalized spacial score (nSPS) is 15.6. The number of nitrogens with zero attached hydrogens (tertiary/aromatic N) is 3. The van der Waals surface area contributed by atoms with Gasteiger partial charge in [0, 0.05) is 19.6 Å². The fourth-order valence-electron chi connectivity index (χ4n) is 4.44. The predicted molar refractivity (Wildman–Crippen MR) is 135 cm³/mol. The lowest BCUT2D eigenvalue weighted by Crippen LogP contribution is -2.22. The average Bonchev–Trinajstić information content (AvgIpc) is 3.32. The molecule has 1 aliphatic rings. The van der Waals surface area contributed by atoms with Crippen LogP contribution in [0.4, 0.5) is 0 Å². The standard InChI is InChI=1S/C27H33N3O6/c1-17-19(7-6-8-21(17)18-9-10-23(32-2)24(13-18)33-3)16-36-27-28-25(34-4)22(26(29-27)35-5)15-30-12-11-20(31)14-30/h6-10,13,20,31H,11-12,14-16H2,1-5H3/t20-/m1/s1. The Labute approximate surface area is 211 Å². The lowest BCUT2D eigenvalue weighted by atomic mass is 9.96. The van der Waals surface area contributed by atoms with E-state index in [4.69, 9.17) is 23.7 Å². The van der Waals surface area contributed by atoms with E-state index in [2.05, 4.69) is 27.9 Å². The van der Waals surface area contributed by atoms with Gasteiger partial charge < -0.3 is 28.8 Å². The van der Waals surface area contributed by atoms with Crippen LogP contribution in [0.1, 0.15) is 23.1 Å². The minimum atomic E-state index is -0.316. The number of hydrogen-bond donors (Lipinski definition) is 1. The Hall–Kier alpha value is -3.56. The molecule has 0 unspecified atom stereocenters. The van der Waals surface area contributed by atoms with Crippen molar-refractivity contribution in [1.29, 1.82) is 0 Å². The summed E-state index contributed by atoms with van der Waals surface area (Å²) in [6.07, 6.45) is 0.428. The molecule has 1 N–H and O–H groups in total. The summed E-state index contributed by atoms with van der Waals surface area (Å²) in [7, 11) is 6.37. The first-order chi connectivity index (χ1) is 17.5. The van der Waals surface area contributed by atoms with Gasteiger partial charge in [-0.2, -0.15) is 9.97 Å². The van der Waals surface area contributed by atoms with Crippen molar-refractivity contribution in [2.24, 2.45) is 0 Å². The molecule has 3 aromatic rings. The van der Waals surface area contributed by atoms with Gasteiger partial charge in [0.1, 0.15) is 6.61 Å². The molecule has 0 bridgehead atoms. The summed E-state index contributed by atoms with van der Waals surface area (Å²) in [6, 6.07) is 12.1. The highest BCUT2D eigenvalue weighted by atomic mass is 16.5. The van der Waals surface area contributed by atoms with E-state index in [1.54, 1.807) is 28.4 Å². The zero-order chi connectivity index (χ0) is 25.7. The van der Waals surface area contributed by atoms with Gasteiger partial charge in [-0.1, -0.05) is 24.3 Å². The number of aromatic nitrogens is 2. The van der Waals surface area contributed by atoms with Crippen molar-refractivity contribution in [3.8, 4) is 40.4 Å². The van der Waals surface area contributed by atoms with Crippen LogP contribution in [0, 0.1) is 6.92 Å². The zero-order valence-electron chi connectivity index (χ0n) is 21.4. The highest BCUT2D eigenvalue weighted by Gasteiger charge is 2.25. The summed E-state index contributed by atoms with van der Waals surface area (Å²) in [4.78, 5) is 11.1. The summed E-state index contributed by atoms with van der Waals surface area (Å²) in [5.41, 5.74) is 4.89. The Bertz CT molecular complexity index is 1180.